The summed E-state index contributed by atoms with van der Waals surface area (Å²) in [4.78, 5) is 23.5. The van der Waals surface area contributed by atoms with Crippen LogP contribution in [0, 0.1) is 0 Å². The minimum Gasteiger partial charge on any atom is -0.353 e. The van der Waals surface area contributed by atoms with E-state index >= 15 is 0 Å². The maximum absolute atomic E-state index is 11.3. The van der Waals surface area contributed by atoms with E-state index in [-0.39, 0.29) is 11.9 Å². The third-order valence-corrected chi connectivity index (χ3v) is 1.67. The lowest BCUT2D eigenvalue weighted by atomic mass is 10.4. The molecule has 3 amide bonds. The minimum absolute atomic E-state index is 0.302. The van der Waals surface area contributed by atoms with Gasteiger partial charge in [-0.05, 0) is 6.42 Å². The molecule has 0 bridgehead atoms. The lowest BCUT2D eigenvalue weighted by Gasteiger charge is -2.09. The first kappa shape index (κ1) is 8.99. The summed E-state index contributed by atoms with van der Waals surface area (Å²) in [5, 5.41) is 2.40. The van der Waals surface area contributed by atoms with Crippen LogP contribution in [0.1, 0.15) is 13.3 Å². The molecule has 1 aliphatic rings. The summed E-state index contributed by atoms with van der Waals surface area (Å²) < 4.78 is 4.75. The van der Waals surface area contributed by atoms with E-state index in [2.05, 4.69) is 5.32 Å². The maximum atomic E-state index is 11.3. The fourth-order valence-corrected chi connectivity index (χ4v) is 1.09. The van der Waals surface area contributed by atoms with Gasteiger partial charge in [0.15, 0.2) is 0 Å². The van der Waals surface area contributed by atoms with E-state index in [0.717, 1.165) is 11.3 Å². The Hall–Kier alpha value is -1.10. The summed E-state index contributed by atoms with van der Waals surface area (Å²) in [5.41, 5.74) is 0. The monoisotopic (exact) mass is 172 g/mol. The van der Waals surface area contributed by atoms with Crippen molar-refractivity contribution < 1.29 is 14.3 Å². The molecular weight excluding hydrogens is 160 g/mol. The molecule has 0 aromatic rings. The number of rotatable bonds is 3. The van der Waals surface area contributed by atoms with Crippen LogP contribution in [0.2, 0.25) is 0 Å². The van der Waals surface area contributed by atoms with Crippen molar-refractivity contribution in [3.63, 3.8) is 0 Å². The Balaban J connectivity index is 2.64. The molecule has 1 saturated heterocycles. The molecule has 0 aromatic heterocycles. The summed E-state index contributed by atoms with van der Waals surface area (Å²) in [6, 6.07) is -0.367. The third kappa shape index (κ3) is 1.40. The van der Waals surface area contributed by atoms with E-state index < -0.39 is 6.23 Å². The molecule has 1 atom stereocenters. The van der Waals surface area contributed by atoms with Gasteiger partial charge in [0.1, 0.15) is 0 Å². The first-order chi connectivity index (χ1) is 5.70. The Bertz CT molecular complexity index is 205. The molecule has 0 spiro atoms. The lowest BCUT2D eigenvalue weighted by Crippen LogP contribution is -2.32. The summed E-state index contributed by atoms with van der Waals surface area (Å²) in [5.74, 6) is -0.302. The molecule has 0 saturated carbocycles. The number of imide groups is 1. The second kappa shape index (κ2) is 3.53. The number of hydrogen-bond donors (Lipinski definition) is 1. The number of carbonyl (C=O) groups is 2. The number of urea groups is 1. The van der Waals surface area contributed by atoms with Gasteiger partial charge in [-0.1, -0.05) is 6.92 Å². The van der Waals surface area contributed by atoms with Gasteiger partial charge in [-0.2, -0.15) is 0 Å². The lowest BCUT2D eigenvalue weighted by molar-refractivity contribution is -0.135. The molecule has 1 fully saturated rings. The molecule has 0 aromatic carbocycles. The normalized spacial score (nSPS) is 23.2. The average Bonchev–Trinajstić information content (AvgIpc) is 2.32. The number of amides is 3. The van der Waals surface area contributed by atoms with Crippen LogP contribution >= 0.6 is 0 Å². The molecule has 1 rings (SSSR count). The van der Waals surface area contributed by atoms with Gasteiger partial charge < -0.3 is 10.1 Å². The number of methoxy groups -OCH3 is 1. The smallest absolute Gasteiger partial charge is 0.326 e. The summed E-state index contributed by atoms with van der Waals surface area (Å²) in [6.45, 7) is 2.35. The van der Waals surface area contributed by atoms with Gasteiger partial charge in [-0.25, -0.2) is 4.79 Å². The van der Waals surface area contributed by atoms with Crippen LogP contribution in [0.25, 0.3) is 0 Å². The molecule has 68 valence electrons. The Morgan fingerprint density at radius 3 is 2.67 bits per heavy atom. The van der Waals surface area contributed by atoms with Crippen molar-refractivity contribution in [3.05, 3.63) is 0 Å². The van der Waals surface area contributed by atoms with Crippen LogP contribution in [-0.4, -0.2) is 36.7 Å². The zero-order chi connectivity index (χ0) is 9.14. The van der Waals surface area contributed by atoms with Gasteiger partial charge >= 0.3 is 6.03 Å². The van der Waals surface area contributed by atoms with Crippen molar-refractivity contribution in [2.24, 2.45) is 0 Å². The largest absolute Gasteiger partial charge is 0.353 e. The van der Waals surface area contributed by atoms with Crippen molar-refractivity contribution in [1.29, 1.82) is 0 Å². The van der Waals surface area contributed by atoms with E-state index in [0.29, 0.717) is 6.54 Å². The molecule has 1 N–H and O–H groups in total. The first-order valence-corrected chi connectivity index (χ1v) is 3.85. The molecule has 1 unspecified atom stereocenters. The number of nitrogens with one attached hydrogen (secondary N) is 1. The standard InChI is InChI=1S/C7H12N2O3/c1-3-4-9-6(10)5(12-2)8-7(9)11/h5H,3-4H2,1-2H3,(H,8,11). The SMILES string of the molecule is CCCN1C(=O)NC(OC)C1=O. The van der Waals surface area contributed by atoms with Crippen molar-refractivity contribution in [1.82, 2.24) is 10.2 Å². The number of ether oxygens (including phenoxy) is 1. The van der Waals surface area contributed by atoms with Gasteiger partial charge in [0, 0.05) is 13.7 Å². The van der Waals surface area contributed by atoms with Crippen LogP contribution in [0.15, 0.2) is 0 Å². The molecule has 5 nitrogen and oxygen atoms in total. The van der Waals surface area contributed by atoms with E-state index in [4.69, 9.17) is 4.74 Å². The van der Waals surface area contributed by atoms with Crippen molar-refractivity contribution in [2.75, 3.05) is 13.7 Å². The van der Waals surface area contributed by atoms with Gasteiger partial charge in [0.2, 0.25) is 6.23 Å². The molecule has 0 radical (unpaired) electrons. The Labute approximate surface area is 70.7 Å². The van der Waals surface area contributed by atoms with Crippen molar-refractivity contribution >= 4 is 11.9 Å². The molecule has 1 aliphatic heterocycles. The minimum atomic E-state index is -0.788. The van der Waals surface area contributed by atoms with Crippen molar-refractivity contribution in [3.8, 4) is 0 Å². The van der Waals surface area contributed by atoms with Crippen LogP contribution in [-0.2, 0) is 9.53 Å². The van der Waals surface area contributed by atoms with Gasteiger partial charge in [0.25, 0.3) is 5.91 Å². The third-order valence-electron chi connectivity index (χ3n) is 1.67. The Morgan fingerprint density at radius 1 is 1.58 bits per heavy atom. The zero-order valence-electron chi connectivity index (χ0n) is 7.16. The number of hydrogen-bond acceptors (Lipinski definition) is 3. The predicted molar refractivity (Wildman–Crippen MR) is 41.3 cm³/mol. The van der Waals surface area contributed by atoms with Gasteiger partial charge in [0.05, 0.1) is 0 Å². The molecule has 1 heterocycles. The van der Waals surface area contributed by atoms with Crippen LogP contribution < -0.4 is 5.32 Å². The first-order valence-electron chi connectivity index (χ1n) is 3.85. The van der Waals surface area contributed by atoms with Crippen LogP contribution in [0.4, 0.5) is 4.79 Å². The summed E-state index contributed by atoms with van der Waals surface area (Å²) in [6.07, 6.45) is -0.0284. The molecule has 0 aliphatic carbocycles. The fraction of sp³-hybridized carbons (Fsp3) is 0.714. The predicted octanol–water partition coefficient (Wildman–Crippen LogP) is -0.0793. The summed E-state index contributed by atoms with van der Waals surface area (Å²) >= 11 is 0. The Morgan fingerprint density at radius 2 is 2.25 bits per heavy atom. The van der Waals surface area contributed by atoms with E-state index in [1.165, 1.54) is 7.11 Å². The molecular formula is C7H12N2O3. The summed E-state index contributed by atoms with van der Waals surface area (Å²) in [7, 11) is 1.39. The second-order valence-electron chi connectivity index (χ2n) is 2.56. The molecule has 12 heavy (non-hydrogen) atoms. The highest BCUT2D eigenvalue weighted by molar-refractivity contribution is 6.03. The van der Waals surface area contributed by atoms with Crippen LogP contribution in [0.5, 0.6) is 0 Å². The highest BCUT2D eigenvalue weighted by Crippen LogP contribution is 2.06. The van der Waals surface area contributed by atoms with Crippen LogP contribution in [0.3, 0.4) is 0 Å². The fourth-order valence-electron chi connectivity index (χ4n) is 1.09. The van der Waals surface area contributed by atoms with Gasteiger partial charge in [-0.15, -0.1) is 0 Å². The highest BCUT2D eigenvalue weighted by atomic mass is 16.5. The topological polar surface area (TPSA) is 58.6 Å². The average molecular weight is 172 g/mol. The number of carbonyl (C=O) groups excluding carboxylic acids is 2. The zero-order valence-corrected chi connectivity index (χ0v) is 7.16. The van der Waals surface area contributed by atoms with E-state index in [1.807, 2.05) is 6.92 Å². The number of nitrogens with zero attached hydrogens (tertiary/aromatic N) is 1. The quantitative estimate of drug-likeness (QED) is 0.606. The molecule has 5 heteroatoms. The Kier molecular flexibility index (Phi) is 2.65. The second-order valence-corrected chi connectivity index (χ2v) is 2.56. The van der Waals surface area contributed by atoms with Crippen molar-refractivity contribution in [2.45, 2.75) is 19.6 Å². The van der Waals surface area contributed by atoms with Gasteiger partial charge in [-0.3, -0.25) is 9.69 Å². The highest BCUT2D eigenvalue weighted by Gasteiger charge is 2.37. The van der Waals surface area contributed by atoms with E-state index in [9.17, 15) is 9.59 Å². The maximum Gasteiger partial charge on any atom is 0.326 e. The van der Waals surface area contributed by atoms with E-state index in [1.54, 1.807) is 0 Å².